The molecule has 1 aromatic rings. The zero-order valence-corrected chi connectivity index (χ0v) is 10.2. The number of benzene rings is 1. The van der Waals surface area contributed by atoms with Crippen LogP contribution in [0.2, 0.25) is 0 Å². The molecule has 0 bridgehead atoms. The second-order valence-electron chi connectivity index (χ2n) is 3.93. The maximum Gasteiger partial charge on any atom is 0.414 e. The fourth-order valence-corrected chi connectivity index (χ4v) is 1.37. The van der Waals surface area contributed by atoms with Gasteiger partial charge in [0.25, 0.3) is 5.69 Å². The standard InChI is InChI=1S/C11H14N2O4/c1-7-5-9(13(15)16)6-8(2)10(7)17-11(14)12(3)4/h5-6H,1-4H3. The number of nitro benzene ring substituents is 1. The molecule has 1 amide bonds. The smallest absolute Gasteiger partial charge is 0.410 e. The number of nitrogens with zero attached hydrogens (tertiary/aromatic N) is 2. The molecule has 0 spiro atoms. The predicted octanol–water partition coefficient (Wildman–Crippen LogP) is 2.27. The maximum absolute atomic E-state index is 11.4. The highest BCUT2D eigenvalue weighted by Crippen LogP contribution is 2.28. The van der Waals surface area contributed by atoms with E-state index in [9.17, 15) is 14.9 Å². The van der Waals surface area contributed by atoms with Crippen molar-refractivity contribution in [3.8, 4) is 5.75 Å². The lowest BCUT2D eigenvalue weighted by Crippen LogP contribution is -2.25. The number of carbonyl (C=O) groups excluding carboxylic acids is 1. The van der Waals surface area contributed by atoms with E-state index in [0.717, 1.165) is 0 Å². The maximum atomic E-state index is 11.4. The zero-order valence-electron chi connectivity index (χ0n) is 10.2. The van der Waals surface area contributed by atoms with Gasteiger partial charge in [-0.2, -0.15) is 0 Å². The Kier molecular flexibility index (Phi) is 3.67. The lowest BCUT2D eigenvalue weighted by atomic mass is 10.1. The molecule has 0 aliphatic rings. The molecule has 0 heterocycles. The fraction of sp³-hybridized carbons (Fsp3) is 0.364. The summed E-state index contributed by atoms with van der Waals surface area (Å²) < 4.78 is 5.14. The van der Waals surface area contributed by atoms with Crippen LogP contribution in [-0.2, 0) is 0 Å². The molecule has 17 heavy (non-hydrogen) atoms. The summed E-state index contributed by atoms with van der Waals surface area (Å²) in [5.41, 5.74) is 1.11. The van der Waals surface area contributed by atoms with Crippen LogP contribution in [0.15, 0.2) is 12.1 Å². The molecular formula is C11H14N2O4. The lowest BCUT2D eigenvalue weighted by Gasteiger charge is -2.14. The Bertz CT molecular complexity index is 446. The fourth-order valence-electron chi connectivity index (χ4n) is 1.37. The first-order valence-corrected chi connectivity index (χ1v) is 4.97. The molecule has 0 atom stereocenters. The van der Waals surface area contributed by atoms with E-state index in [4.69, 9.17) is 4.74 Å². The quantitative estimate of drug-likeness (QED) is 0.585. The molecule has 0 aliphatic heterocycles. The first kappa shape index (κ1) is 13.0. The Labute approximate surface area is 98.9 Å². The van der Waals surface area contributed by atoms with Crippen LogP contribution in [-0.4, -0.2) is 30.0 Å². The summed E-state index contributed by atoms with van der Waals surface area (Å²) in [6.07, 6.45) is -0.509. The summed E-state index contributed by atoms with van der Waals surface area (Å²) in [4.78, 5) is 22.9. The summed E-state index contributed by atoms with van der Waals surface area (Å²) in [6.45, 7) is 3.33. The van der Waals surface area contributed by atoms with Crippen molar-refractivity contribution in [2.75, 3.05) is 14.1 Å². The third-order valence-corrected chi connectivity index (χ3v) is 2.21. The van der Waals surface area contributed by atoms with E-state index in [1.807, 2.05) is 0 Å². The van der Waals surface area contributed by atoms with Crippen molar-refractivity contribution in [1.29, 1.82) is 0 Å². The summed E-state index contributed by atoms with van der Waals surface area (Å²) >= 11 is 0. The average Bonchev–Trinajstić information content (AvgIpc) is 2.22. The van der Waals surface area contributed by atoms with Gasteiger partial charge in [-0.1, -0.05) is 0 Å². The van der Waals surface area contributed by atoms with E-state index in [1.54, 1.807) is 27.9 Å². The predicted molar refractivity (Wildman–Crippen MR) is 62.3 cm³/mol. The largest absolute Gasteiger partial charge is 0.414 e. The Morgan fingerprint density at radius 2 is 1.76 bits per heavy atom. The minimum Gasteiger partial charge on any atom is -0.410 e. The zero-order chi connectivity index (χ0) is 13.2. The number of carbonyl (C=O) groups is 1. The van der Waals surface area contributed by atoms with E-state index in [0.29, 0.717) is 16.9 Å². The van der Waals surface area contributed by atoms with Crippen molar-refractivity contribution in [3.63, 3.8) is 0 Å². The Balaban J connectivity index is 3.10. The first-order chi connectivity index (χ1) is 7.82. The highest BCUT2D eigenvalue weighted by Gasteiger charge is 2.16. The van der Waals surface area contributed by atoms with Gasteiger partial charge in [0.2, 0.25) is 0 Å². The molecule has 0 N–H and O–H groups in total. The van der Waals surface area contributed by atoms with Crippen LogP contribution in [0.5, 0.6) is 5.75 Å². The monoisotopic (exact) mass is 238 g/mol. The van der Waals surface area contributed by atoms with Crippen molar-refractivity contribution in [2.24, 2.45) is 0 Å². The molecule has 6 heteroatoms. The second kappa shape index (κ2) is 4.82. The topological polar surface area (TPSA) is 72.7 Å². The van der Waals surface area contributed by atoms with Crippen molar-refractivity contribution >= 4 is 11.8 Å². The number of hydrogen-bond donors (Lipinski definition) is 0. The van der Waals surface area contributed by atoms with Gasteiger partial charge >= 0.3 is 6.09 Å². The second-order valence-corrected chi connectivity index (χ2v) is 3.93. The van der Waals surface area contributed by atoms with Gasteiger partial charge in [0.15, 0.2) is 0 Å². The van der Waals surface area contributed by atoms with Gasteiger partial charge in [0.05, 0.1) is 4.92 Å². The van der Waals surface area contributed by atoms with E-state index in [1.165, 1.54) is 17.0 Å². The lowest BCUT2D eigenvalue weighted by molar-refractivity contribution is -0.385. The van der Waals surface area contributed by atoms with E-state index in [2.05, 4.69) is 0 Å². The molecule has 0 radical (unpaired) electrons. The highest BCUT2D eigenvalue weighted by molar-refractivity contribution is 5.71. The number of hydrogen-bond acceptors (Lipinski definition) is 4. The Hall–Kier alpha value is -2.11. The van der Waals surface area contributed by atoms with Gasteiger partial charge in [-0.3, -0.25) is 10.1 Å². The first-order valence-electron chi connectivity index (χ1n) is 4.97. The molecule has 0 unspecified atom stereocenters. The molecule has 0 saturated carbocycles. The number of nitro groups is 1. The normalized spacial score (nSPS) is 9.88. The molecule has 0 saturated heterocycles. The van der Waals surface area contributed by atoms with Crippen LogP contribution in [0.4, 0.5) is 10.5 Å². The summed E-state index contributed by atoms with van der Waals surface area (Å²) in [7, 11) is 3.14. The van der Waals surface area contributed by atoms with Gasteiger partial charge < -0.3 is 9.64 Å². The van der Waals surface area contributed by atoms with Crippen LogP contribution in [0, 0.1) is 24.0 Å². The van der Waals surface area contributed by atoms with Crippen molar-refractivity contribution < 1.29 is 14.5 Å². The van der Waals surface area contributed by atoms with E-state index >= 15 is 0 Å². The Morgan fingerprint density at radius 1 is 1.29 bits per heavy atom. The summed E-state index contributed by atoms with van der Waals surface area (Å²) in [5, 5.41) is 10.6. The summed E-state index contributed by atoms with van der Waals surface area (Å²) in [5.74, 6) is 0.370. The molecule has 92 valence electrons. The molecule has 0 fully saturated rings. The molecule has 6 nitrogen and oxygen atoms in total. The minimum atomic E-state index is -0.509. The third kappa shape index (κ3) is 2.93. The number of ether oxygens (including phenoxy) is 1. The Morgan fingerprint density at radius 3 is 2.12 bits per heavy atom. The van der Waals surface area contributed by atoms with Gasteiger partial charge in [-0.25, -0.2) is 4.79 Å². The van der Waals surface area contributed by atoms with Crippen LogP contribution < -0.4 is 4.74 Å². The number of rotatable bonds is 2. The molecule has 0 aromatic heterocycles. The van der Waals surface area contributed by atoms with Crippen molar-refractivity contribution in [2.45, 2.75) is 13.8 Å². The van der Waals surface area contributed by atoms with Crippen LogP contribution in [0.1, 0.15) is 11.1 Å². The van der Waals surface area contributed by atoms with Gasteiger partial charge in [-0.15, -0.1) is 0 Å². The van der Waals surface area contributed by atoms with E-state index in [-0.39, 0.29) is 5.69 Å². The number of amides is 1. The minimum absolute atomic E-state index is 0.00958. The van der Waals surface area contributed by atoms with Gasteiger partial charge in [-0.05, 0) is 25.0 Å². The molecule has 0 aliphatic carbocycles. The SMILES string of the molecule is Cc1cc([N+](=O)[O-])cc(C)c1OC(=O)N(C)C. The van der Waals surface area contributed by atoms with Crippen LogP contribution >= 0.6 is 0 Å². The van der Waals surface area contributed by atoms with Crippen molar-refractivity contribution in [1.82, 2.24) is 4.90 Å². The van der Waals surface area contributed by atoms with E-state index < -0.39 is 11.0 Å². The molecular weight excluding hydrogens is 224 g/mol. The van der Waals surface area contributed by atoms with Gasteiger partial charge in [0.1, 0.15) is 5.75 Å². The highest BCUT2D eigenvalue weighted by atomic mass is 16.6. The third-order valence-electron chi connectivity index (χ3n) is 2.21. The molecule has 1 rings (SSSR count). The van der Waals surface area contributed by atoms with Crippen molar-refractivity contribution in [3.05, 3.63) is 33.4 Å². The van der Waals surface area contributed by atoms with Gasteiger partial charge in [0, 0.05) is 26.2 Å². The molecule has 1 aromatic carbocycles. The summed E-state index contributed by atoms with van der Waals surface area (Å²) in [6, 6.07) is 2.76. The van der Waals surface area contributed by atoms with Crippen LogP contribution in [0.25, 0.3) is 0 Å². The van der Waals surface area contributed by atoms with Crippen LogP contribution in [0.3, 0.4) is 0 Å². The average molecular weight is 238 g/mol. The number of non-ortho nitro benzene ring substituents is 1. The number of aryl methyl sites for hydroxylation is 2.